The lowest BCUT2D eigenvalue weighted by molar-refractivity contribution is -0.147. The van der Waals surface area contributed by atoms with Crippen LogP contribution in [0, 0.1) is 11.3 Å². The van der Waals surface area contributed by atoms with Crippen molar-refractivity contribution in [1.82, 2.24) is 4.90 Å². The van der Waals surface area contributed by atoms with Crippen LogP contribution < -0.4 is 0 Å². The molecule has 1 aliphatic rings. The van der Waals surface area contributed by atoms with Crippen LogP contribution in [0.5, 0.6) is 0 Å². The highest BCUT2D eigenvalue weighted by molar-refractivity contribution is 8.00. The van der Waals surface area contributed by atoms with Crippen LogP contribution in [-0.4, -0.2) is 57.2 Å². The van der Waals surface area contributed by atoms with E-state index in [9.17, 15) is 14.7 Å². The van der Waals surface area contributed by atoms with Gasteiger partial charge < -0.3 is 15.1 Å². The normalized spacial score (nSPS) is 24.1. The summed E-state index contributed by atoms with van der Waals surface area (Å²) in [5, 5.41) is 26.5. The van der Waals surface area contributed by atoms with Crippen LogP contribution in [0.1, 0.15) is 6.42 Å². The van der Waals surface area contributed by atoms with Gasteiger partial charge in [-0.3, -0.25) is 4.79 Å². The second-order valence-electron chi connectivity index (χ2n) is 3.44. The Bertz CT molecular complexity index is 328. The molecule has 1 heterocycles. The second kappa shape index (κ2) is 5.72. The van der Waals surface area contributed by atoms with Gasteiger partial charge in [0.05, 0.1) is 23.7 Å². The number of nitriles is 1. The molecule has 0 spiro atoms. The number of aliphatic carboxylic acids is 1. The molecule has 2 N–H and O–H groups in total. The van der Waals surface area contributed by atoms with Gasteiger partial charge in [-0.2, -0.15) is 5.26 Å². The number of hydrogen-bond acceptors (Lipinski definition) is 5. The Balaban J connectivity index is 2.54. The van der Waals surface area contributed by atoms with Gasteiger partial charge in [0.15, 0.2) is 0 Å². The topological polar surface area (TPSA) is 102 Å². The molecular weight excluding hydrogens is 232 g/mol. The van der Waals surface area contributed by atoms with Crippen molar-refractivity contribution in [2.75, 3.05) is 18.1 Å². The fourth-order valence-corrected chi connectivity index (χ4v) is 2.12. The smallest absolute Gasteiger partial charge is 0.326 e. The quantitative estimate of drug-likeness (QED) is 0.633. The minimum absolute atomic E-state index is 0.0584. The number of carboxylic acids is 1. The van der Waals surface area contributed by atoms with E-state index in [2.05, 4.69) is 0 Å². The third-order valence-electron chi connectivity index (χ3n) is 2.28. The first-order valence-electron chi connectivity index (χ1n) is 4.71. The first-order valence-corrected chi connectivity index (χ1v) is 5.86. The minimum Gasteiger partial charge on any atom is -0.480 e. The van der Waals surface area contributed by atoms with Crippen LogP contribution in [0.3, 0.4) is 0 Å². The fourth-order valence-electron chi connectivity index (χ4n) is 1.59. The van der Waals surface area contributed by atoms with Crippen molar-refractivity contribution in [3.05, 3.63) is 0 Å². The standard InChI is InChI=1S/C9H12N2O4S/c10-1-2-16-5-8(13)11-4-6(12)3-7(11)9(14)15/h6-7,12H,2-5H2,(H,14,15)/t6-,7+/m1/s1. The SMILES string of the molecule is N#CCSCC(=O)N1C[C@H](O)C[C@H]1C(=O)O. The molecule has 88 valence electrons. The number of hydrogen-bond donors (Lipinski definition) is 2. The highest BCUT2D eigenvalue weighted by atomic mass is 32.2. The molecule has 2 atom stereocenters. The van der Waals surface area contributed by atoms with E-state index in [4.69, 9.17) is 10.4 Å². The summed E-state index contributed by atoms with van der Waals surface area (Å²) in [5.41, 5.74) is 0. The molecule has 0 aromatic heterocycles. The molecule has 1 rings (SSSR count). The number of rotatable bonds is 4. The van der Waals surface area contributed by atoms with E-state index in [0.29, 0.717) is 0 Å². The highest BCUT2D eigenvalue weighted by Crippen LogP contribution is 2.19. The number of carbonyl (C=O) groups is 2. The van der Waals surface area contributed by atoms with E-state index in [1.54, 1.807) is 0 Å². The summed E-state index contributed by atoms with van der Waals surface area (Å²) in [6.07, 6.45) is -0.699. The lowest BCUT2D eigenvalue weighted by Gasteiger charge is -2.20. The zero-order chi connectivity index (χ0) is 12.1. The maximum absolute atomic E-state index is 11.6. The first kappa shape index (κ1) is 12.8. The second-order valence-corrected chi connectivity index (χ2v) is 4.43. The summed E-state index contributed by atoms with van der Waals surface area (Å²) < 4.78 is 0. The van der Waals surface area contributed by atoms with E-state index in [1.807, 2.05) is 6.07 Å². The van der Waals surface area contributed by atoms with Crippen LogP contribution in [-0.2, 0) is 9.59 Å². The molecule has 1 saturated heterocycles. The van der Waals surface area contributed by atoms with Crippen molar-refractivity contribution in [1.29, 1.82) is 5.26 Å². The van der Waals surface area contributed by atoms with Gasteiger partial charge in [-0.15, -0.1) is 11.8 Å². The van der Waals surface area contributed by atoms with Crippen molar-refractivity contribution >= 4 is 23.6 Å². The summed E-state index contributed by atoms with van der Waals surface area (Å²) >= 11 is 1.14. The van der Waals surface area contributed by atoms with E-state index >= 15 is 0 Å². The van der Waals surface area contributed by atoms with Gasteiger partial charge in [0.2, 0.25) is 5.91 Å². The number of aliphatic hydroxyl groups excluding tert-OH is 1. The molecule has 0 aromatic carbocycles. The number of carboxylic acid groups (broad SMARTS) is 1. The van der Waals surface area contributed by atoms with Crippen LogP contribution >= 0.6 is 11.8 Å². The van der Waals surface area contributed by atoms with Crippen LogP contribution in [0.2, 0.25) is 0 Å². The Morgan fingerprint density at radius 2 is 2.25 bits per heavy atom. The third kappa shape index (κ3) is 3.12. The average Bonchev–Trinajstić information content (AvgIpc) is 2.61. The van der Waals surface area contributed by atoms with Gasteiger partial charge in [0.25, 0.3) is 0 Å². The van der Waals surface area contributed by atoms with Crippen LogP contribution in [0.4, 0.5) is 0 Å². The van der Waals surface area contributed by atoms with Gasteiger partial charge in [-0.25, -0.2) is 4.79 Å². The highest BCUT2D eigenvalue weighted by Gasteiger charge is 2.38. The monoisotopic (exact) mass is 244 g/mol. The molecule has 1 amide bonds. The van der Waals surface area contributed by atoms with Crippen molar-refractivity contribution < 1.29 is 19.8 Å². The number of amides is 1. The van der Waals surface area contributed by atoms with Crippen molar-refractivity contribution in [3.8, 4) is 6.07 Å². The Morgan fingerprint density at radius 3 is 2.81 bits per heavy atom. The molecule has 6 nitrogen and oxygen atoms in total. The van der Waals surface area contributed by atoms with Gasteiger partial charge in [0, 0.05) is 13.0 Å². The van der Waals surface area contributed by atoms with E-state index in [-0.39, 0.29) is 30.4 Å². The molecule has 0 bridgehead atoms. The largest absolute Gasteiger partial charge is 0.480 e. The summed E-state index contributed by atoms with van der Waals surface area (Å²) in [4.78, 5) is 23.6. The maximum Gasteiger partial charge on any atom is 0.326 e. The lowest BCUT2D eigenvalue weighted by atomic mass is 10.2. The van der Waals surface area contributed by atoms with E-state index < -0.39 is 18.1 Å². The average molecular weight is 244 g/mol. The predicted octanol–water partition coefficient (Wildman–Crippen LogP) is -0.710. The molecule has 1 aliphatic heterocycles. The first-order chi connectivity index (χ1) is 7.56. The Kier molecular flexibility index (Phi) is 4.58. The van der Waals surface area contributed by atoms with Crippen molar-refractivity contribution in [3.63, 3.8) is 0 Å². The van der Waals surface area contributed by atoms with Crippen LogP contribution in [0.15, 0.2) is 0 Å². The third-order valence-corrected chi connectivity index (χ3v) is 3.06. The summed E-state index contributed by atoms with van der Waals surface area (Å²) in [6, 6.07) is 0.943. The molecular formula is C9H12N2O4S. The van der Waals surface area contributed by atoms with Crippen LogP contribution in [0.25, 0.3) is 0 Å². The molecule has 7 heteroatoms. The predicted molar refractivity (Wildman–Crippen MR) is 56.7 cm³/mol. The lowest BCUT2D eigenvalue weighted by Crippen LogP contribution is -2.41. The van der Waals surface area contributed by atoms with E-state index in [0.717, 1.165) is 16.7 Å². The summed E-state index contributed by atoms with van der Waals surface area (Å²) in [7, 11) is 0. The fraction of sp³-hybridized carbons (Fsp3) is 0.667. The summed E-state index contributed by atoms with van der Waals surface area (Å²) in [6.45, 7) is 0.0584. The number of likely N-dealkylation sites (tertiary alicyclic amines) is 1. The zero-order valence-corrected chi connectivity index (χ0v) is 9.31. The molecule has 0 radical (unpaired) electrons. The molecule has 16 heavy (non-hydrogen) atoms. The maximum atomic E-state index is 11.6. The van der Waals surface area contributed by atoms with Gasteiger partial charge in [0.1, 0.15) is 6.04 Å². The number of carbonyl (C=O) groups excluding carboxylic acids is 1. The van der Waals surface area contributed by atoms with Gasteiger partial charge in [-0.1, -0.05) is 0 Å². The van der Waals surface area contributed by atoms with Gasteiger partial charge >= 0.3 is 5.97 Å². The minimum atomic E-state index is -1.10. The Morgan fingerprint density at radius 1 is 1.56 bits per heavy atom. The van der Waals surface area contributed by atoms with Crippen molar-refractivity contribution in [2.24, 2.45) is 0 Å². The molecule has 1 fully saturated rings. The molecule has 0 saturated carbocycles. The van der Waals surface area contributed by atoms with E-state index in [1.165, 1.54) is 0 Å². The van der Waals surface area contributed by atoms with Crippen molar-refractivity contribution in [2.45, 2.75) is 18.6 Å². The van der Waals surface area contributed by atoms with Gasteiger partial charge in [-0.05, 0) is 0 Å². The molecule has 0 aromatic rings. The molecule has 0 aliphatic carbocycles. The number of nitrogens with zero attached hydrogens (tertiary/aromatic N) is 2. The molecule has 0 unspecified atom stereocenters. The Hall–Kier alpha value is -1.26. The number of β-amino-alcohol motifs (C(OH)–C–C–N with tert-alkyl or cyclic N) is 1. The number of aliphatic hydroxyl groups is 1. The summed E-state index contributed by atoms with van der Waals surface area (Å²) in [5.74, 6) is -1.18. The zero-order valence-electron chi connectivity index (χ0n) is 8.50. The number of thioether (sulfide) groups is 1. The Labute approximate surface area is 96.8 Å².